The first-order chi connectivity index (χ1) is 19.3. The second-order valence-corrected chi connectivity index (χ2v) is 13.3. The van der Waals surface area contributed by atoms with Crippen molar-refractivity contribution in [3.05, 3.63) is 53.6 Å². The second-order valence-electron chi connectivity index (χ2n) is 10.3. The van der Waals surface area contributed by atoms with Crippen molar-refractivity contribution < 1.29 is 17.9 Å². The summed E-state index contributed by atoms with van der Waals surface area (Å²) in [7, 11) is -3.63. The zero-order valence-electron chi connectivity index (χ0n) is 24.4. The Balaban J connectivity index is 0.00000462. The third kappa shape index (κ3) is 8.49. The van der Waals surface area contributed by atoms with Gasteiger partial charge in [-0.2, -0.15) is 4.31 Å². The first-order valence-electron chi connectivity index (χ1n) is 14.4. The summed E-state index contributed by atoms with van der Waals surface area (Å²) in [5.74, 6) is -0.170. The Kier molecular flexibility index (Phi) is 13.0. The number of carbonyl (C=O) groups excluding carboxylic acids is 1. The normalized spacial score (nSPS) is 14.3. The maximum Gasteiger partial charge on any atom is 0.260 e. The quantitative estimate of drug-likeness (QED) is 0.220. The molecule has 226 valence electrons. The zero-order chi connectivity index (χ0) is 28.5. The van der Waals surface area contributed by atoms with Crippen molar-refractivity contribution in [2.24, 2.45) is 0 Å². The molecular formula is C30H43ClN4O4S2. The van der Waals surface area contributed by atoms with E-state index in [0.717, 1.165) is 80.7 Å². The molecule has 11 heteroatoms. The number of hydrogen-bond donors (Lipinski definition) is 0. The van der Waals surface area contributed by atoms with Crippen LogP contribution in [0.3, 0.4) is 0 Å². The molecule has 1 aliphatic heterocycles. The summed E-state index contributed by atoms with van der Waals surface area (Å²) in [5, 5.41) is 0.665. The summed E-state index contributed by atoms with van der Waals surface area (Å²) in [6.07, 6.45) is 4.30. The molecule has 4 rings (SSSR count). The molecule has 41 heavy (non-hydrogen) atoms. The Bertz CT molecular complexity index is 1350. The number of halogens is 1. The lowest BCUT2D eigenvalue weighted by atomic mass is 10.2. The van der Waals surface area contributed by atoms with Gasteiger partial charge in [0.1, 0.15) is 0 Å². The minimum absolute atomic E-state index is 0. The highest BCUT2D eigenvalue weighted by Crippen LogP contribution is 2.32. The Morgan fingerprint density at radius 1 is 0.976 bits per heavy atom. The van der Waals surface area contributed by atoms with Crippen LogP contribution in [0, 0.1) is 6.92 Å². The topological polar surface area (TPSA) is 83.1 Å². The maximum atomic E-state index is 13.9. The molecule has 8 nitrogen and oxygen atoms in total. The number of benzene rings is 2. The number of amides is 1. The number of para-hydroxylation sites is 1. The smallest absolute Gasteiger partial charge is 0.260 e. The Morgan fingerprint density at radius 2 is 1.63 bits per heavy atom. The molecule has 0 bridgehead atoms. The molecule has 1 saturated heterocycles. The van der Waals surface area contributed by atoms with Gasteiger partial charge < -0.3 is 4.74 Å². The Morgan fingerprint density at radius 3 is 2.24 bits per heavy atom. The van der Waals surface area contributed by atoms with Gasteiger partial charge in [0.15, 0.2) is 5.13 Å². The third-order valence-electron chi connectivity index (χ3n) is 7.31. The number of aryl methyl sites for hydroxylation is 1. The summed E-state index contributed by atoms with van der Waals surface area (Å²) >= 11 is 1.51. The van der Waals surface area contributed by atoms with E-state index in [0.29, 0.717) is 30.3 Å². The highest BCUT2D eigenvalue weighted by atomic mass is 35.5. The molecule has 0 atom stereocenters. The zero-order valence-corrected chi connectivity index (χ0v) is 26.8. The van der Waals surface area contributed by atoms with Gasteiger partial charge >= 0.3 is 0 Å². The van der Waals surface area contributed by atoms with E-state index in [9.17, 15) is 13.2 Å². The fraction of sp³-hybridized carbons (Fsp3) is 0.533. The SMILES string of the molecule is CCCCN(CCCC)S(=O)(=O)c1ccc(C(=O)N(CCCN2CCOCC2)c2nc3c(C)cccc3s2)cc1.Cl. The molecular weight excluding hydrogens is 580 g/mol. The molecule has 2 aromatic carbocycles. The standard InChI is InChI=1S/C30H42N4O4S2.ClH/c1-4-6-17-33(18-7-5-2)40(36,37)26-14-12-25(13-15-26)29(35)34(19-9-16-32-20-22-38-23-21-32)30-31-28-24(3)10-8-11-27(28)39-30;/h8,10-15H,4-7,9,16-23H2,1-3H3;1H. The highest BCUT2D eigenvalue weighted by molar-refractivity contribution is 7.89. The number of morpholine rings is 1. The molecule has 0 unspecified atom stereocenters. The van der Waals surface area contributed by atoms with Gasteiger partial charge in [-0.25, -0.2) is 13.4 Å². The summed E-state index contributed by atoms with van der Waals surface area (Å²) in [6.45, 7) is 11.8. The van der Waals surface area contributed by atoms with Gasteiger partial charge in [0.25, 0.3) is 5.91 Å². The number of unbranched alkanes of at least 4 members (excludes halogenated alkanes) is 2. The van der Waals surface area contributed by atoms with Crippen LogP contribution in [0.2, 0.25) is 0 Å². The van der Waals surface area contributed by atoms with E-state index >= 15 is 0 Å². The van der Waals surface area contributed by atoms with E-state index in [4.69, 9.17) is 9.72 Å². The number of anilines is 1. The van der Waals surface area contributed by atoms with Crippen molar-refractivity contribution in [2.45, 2.75) is 57.8 Å². The van der Waals surface area contributed by atoms with Gasteiger partial charge in [0.2, 0.25) is 10.0 Å². The van der Waals surface area contributed by atoms with E-state index in [1.807, 2.05) is 25.1 Å². The van der Waals surface area contributed by atoms with Crippen molar-refractivity contribution >= 4 is 55.0 Å². The van der Waals surface area contributed by atoms with Gasteiger partial charge in [-0.3, -0.25) is 14.6 Å². The van der Waals surface area contributed by atoms with Crippen LogP contribution in [0.15, 0.2) is 47.4 Å². The molecule has 1 aliphatic rings. The molecule has 0 N–H and O–H groups in total. The average Bonchev–Trinajstić information content (AvgIpc) is 3.41. The number of rotatable bonds is 14. The minimum Gasteiger partial charge on any atom is -0.379 e. The van der Waals surface area contributed by atoms with E-state index in [1.165, 1.54) is 11.3 Å². The lowest BCUT2D eigenvalue weighted by Crippen LogP contribution is -2.39. The average molecular weight is 623 g/mol. The fourth-order valence-corrected chi connectivity index (χ4v) is 7.43. The van der Waals surface area contributed by atoms with Crippen LogP contribution in [0.1, 0.15) is 61.9 Å². The van der Waals surface area contributed by atoms with Crippen LogP contribution in [-0.4, -0.2) is 81.0 Å². The summed E-state index contributed by atoms with van der Waals surface area (Å²) in [4.78, 5) is 23.1. The summed E-state index contributed by atoms with van der Waals surface area (Å²) in [6, 6.07) is 12.5. The number of carbonyl (C=O) groups is 1. The lowest BCUT2D eigenvalue weighted by Gasteiger charge is -2.27. The van der Waals surface area contributed by atoms with Gasteiger partial charge in [0.05, 0.1) is 28.3 Å². The lowest BCUT2D eigenvalue weighted by molar-refractivity contribution is 0.0376. The predicted molar refractivity (Wildman–Crippen MR) is 170 cm³/mol. The maximum absolute atomic E-state index is 13.9. The van der Waals surface area contributed by atoms with Crippen molar-refractivity contribution in [1.82, 2.24) is 14.2 Å². The van der Waals surface area contributed by atoms with Crippen molar-refractivity contribution in [1.29, 1.82) is 0 Å². The number of aromatic nitrogens is 1. The monoisotopic (exact) mass is 622 g/mol. The Labute approximate surface area is 255 Å². The van der Waals surface area contributed by atoms with E-state index in [2.05, 4.69) is 18.7 Å². The number of ether oxygens (including phenoxy) is 1. The van der Waals surface area contributed by atoms with Gasteiger partial charge in [0, 0.05) is 44.8 Å². The number of fused-ring (bicyclic) bond motifs is 1. The van der Waals surface area contributed by atoms with Crippen LogP contribution in [0.25, 0.3) is 10.2 Å². The molecule has 2 heterocycles. The predicted octanol–water partition coefficient (Wildman–Crippen LogP) is 5.99. The van der Waals surface area contributed by atoms with E-state index in [1.54, 1.807) is 33.5 Å². The molecule has 0 aliphatic carbocycles. The van der Waals surface area contributed by atoms with Crippen LogP contribution in [0.4, 0.5) is 5.13 Å². The second kappa shape index (κ2) is 16.0. The van der Waals surface area contributed by atoms with Gasteiger partial charge in [-0.15, -0.1) is 12.4 Å². The third-order valence-corrected chi connectivity index (χ3v) is 10.3. The summed E-state index contributed by atoms with van der Waals surface area (Å²) in [5.41, 5.74) is 2.44. The highest BCUT2D eigenvalue weighted by Gasteiger charge is 2.26. The minimum atomic E-state index is -3.63. The first kappa shape index (κ1) is 33.4. The molecule has 0 saturated carbocycles. The number of sulfonamides is 1. The number of hydrogen-bond acceptors (Lipinski definition) is 7. The molecule has 1 amide bonds. The molecule has 3 aromatic rings. The van der Waals surface area contributed by atoms with Gasteiger partial charge in [-0.05, 0) is 62.1 Å². The fourth-order valence-electron chi connectivity index (χ4n) is 4.85. The largest absolute Gasteiger partial charge is 0.379 e. The van der Waals surface area contributed by atoms with Crippen molar-refractivity contribution in [2.75, 3.05) is 57.4 Å². The number of thiazole rings is 1. The molecule has 0 spiro atoms. The molecule has 1 fully saturated rings. The van der Waals surface area contributed by atoms with Crippen molar-refractivity contribution in [3.8, 4) is 0 Å². The summed E-state index contributed by atoms with van der Waals surface area (Å²) < 4.78 is 34.9. The van der Waals surface area contributed by atoms with Crippen LogP contribution in [-0.2, 0) is 14.8 Å². The van der Waals surface area contributed by atoms with Crippen molar-refractivity contribution in [3.63, 3.8) is 0 Å². The van der Waals surface area contributed by atoms with Crippen LogP contribution >= 0.6 is 23.7 Å². The van der Waals surface area contributed by atoms with Gasteiger partial charge in [-0.1, -0.05) is 50.2 Å². The molecule has 0 radical (unpaired) electrons. The van der Waals surface area contributed by atoms with E-state index < -0.39 is 10.0 Å². The van der Waals surface area contributed by atoms with E-state index in [-0.39, 0.29) is 23.2 Å². The Hall–Kier alpha value is -2.08. The van der Waals surface area contributed by atoms with Crippen LogP contribution < -0.4 is 4.90 Å². The number of nitrogens with zero attached hydrogens (tertiary/aromatic N) is 4. The first-order valence-corrected chi connectivity index (χ1v) is 16.7. The molecule has 1 aromatic heterocycles. The van der Waals surface area contributed by atoms with Crippen LogP contribution in [0.5, 0.6) is 0 Å².